The summed E-state index contributed by atoms with van der Waals surface area (Å²) in [6.45, 7) is 3.21. The Morgan fingerprint density at radius 3 is 2.71 bits per heavy atom. The van der Waals surface area contributed by atoms with E-state index < -0.39 is 40.9 Å². The Hall–Kier alpha value is -2.76. The first-order chi connectivity index (χ1) is 9.74. The highest BCUT2D eigenvalue weighted by Crippen LogP contribution is 2.42. The van der Waals surface area contributed by atoms with E-state index >= 15 is 0 Å². The third-order valence-corrected chi connectivity index (χ3v) is 3.05. The van der Waals surface area contributed by atoms with Crippen LogP contribution in [-0.4, -0.2) is 23.5 Å². The number of nitrogens with one attached hydrogen (secondary N) is 2. The summed E-state index contributed by atoms with van der Waals surface area (Å²) in [5.74, 6) is -5.22. The van der Waals surface area contributed by atoms with Crippen LogP contribution in [0.3, 0.4) is 0 Å². The minimum absolute atomic E-state index is 0.416. The smallest absolute Gasteiger partial charge is 0.422 e. The molecule has 0 spiro atoms. The first kappa shape index (κ1) is 14.6. The van der Waals surface area contributed by atoms with Gasteiger partial charge in [-0.15, -0.1) is 0 Å². The van der Waals surface area contributed by atoms with Gasteiger partial charge in [-0.05, 0) is 12.1 Å². The molecule has 21 heavy (non-hydrogen) atoms. The summed E-state index contributed by atoms with van der Waals surface area (Å²) in [5, 5.41) is 12.3. The molecular weight excluding hydrogens is 291 g/mol. The van der Waals surface area contributed by atoms with E-state index in [0.29, 0.717) is 0 Å². The predicted octanol–water partition coefficient (Wildman–Crippen LogP) is 1.09. The second-order valence-corrected chi connectivity index (χ2v) is 4.28. The van der Waals surface area contributed by atoms with Gasteiger partial charge in [-0.3, -0.25) is 9.59 Å². The van der Waals surface area contributed by atoms with Crippen LogP contribution in [0.15, 0.2) is 35.1 Å². The SMILES string of the molecule is C=C1NC(=O)[C@](NC(=O)c2ccco2)(C(F)(F)F)[C@@H]1C#N. The lowest BCUT2D eigenvalue weighted by atomic mass is 9.85. The molecule has 110 valence electrons. The molecule has 0 saturated carbocycles. The monoisotopic (exact) mass is 299 g/mol. The highest BCUT2D eigenvalue weighted by atomic mass is 19.4. The van der Waals surface area contributed by atoms with Gasteiger partial charge in [-0.1, -0.05) is 6.58 Å². The average molecular weight is 299 g/mol. The number of carbonyl (C=O) groups is 2. The summed E-state index contributed by atoms with van der Waals surface area (Å²) in [5.41, 5.74) is -3.83. The third-order valence-electron chi connectivity index (χ3n) is 3.05. The van der Waals surface area contributed by atoms with Gasteiger partial charge in [0, 0.05) is 5.70 Å². The number of alkyl halides is 3. The molecule has 1 aliphatic rings. The van der Waals surface area contributed by atoms with Gasteiger partial charge in [0.2, 0.25) is 5.54 Å². The average Bonchev–Trinajstić information content (AvgIpc) is 2.96. The summed E-state index contributed by atoms with van der Waals surface area (Å²) in [6, 6.07) is 3.77. The zero-order chi connectivity index (χ0) is 15.8. The molecule has 1 aromatic rings. The minimum Gasteiger partial charge on any atom is -0.459 e. The van der Waals surface area contributed by atoms with Crippen molar-refractivity contribution in [2.45, 2.75) is 11.7 Å². The van der Waals surface area contributed by atoms with Gasteiger partial charge in [0.15, 0.2) is 5.76 Å². The van der Waals surface area contributed by atoms with Crippen molar-refractivity contribution in [3.8, 4) is 6.07 Å². The molecular formula is C12H8F3N3O3. The van der Waals surface area contributed by atoms with Gasteiger partial charge in [-0.25, -0.2) is 0 Å². The zero-order valence-corrected chi connectivity index (χ0v) is 10.3. The first-order valence-electron chi connectivity index (χ1n) is 5.56. The van der Waals surface area contributed by atoms with Crippen LogP contribution in [0.5, 0.6) is 0 Å². The maximum absolute atomic E-state index is 13.4. The molecule has 1 aliphatic heterocycles. The van der Waals surface area contributed by atoms with Crippen molar-refractivity contribution >= 4 is 11.8 Å². The Morgan fingerprint density at radius 1 is 1.57 bits per heavy atom. The number of hydrogen-bond donors (Lipinski definition) is 2. The fourth-order valence-electron chi connectivity index (χ4n) is 2.02. The lowest BCUT2D eigenvalue weighted by Crippen LogP contribution is -2.66. The fourth-order valence-corrected chi connectivity index (χ4v) is 2.02. The van der Waals surface area contributed by atoms with Gasteiger partial charge in [-0.2, -0.15) is 18.4 Å². The van der Waals surface area contributed by atoms with Crippen LogP contribution in [0.2, 0.25) is 0 Å². The van der Waals surface area contributed by atoms with E-state index in [0.717, 1.165) is 12.3 Å². The third kappa shape index (κ3) is 2.05. The first-order valence-corrected chi connectivity index (χ1v) is 5.56. The summed E-state index contributed by atoms with van der Waals surface area (Å²) in [4.78, 5) is 23.5. The van der Waals surface area contributed by atoms with Crippen LogP contribution < -0.4 is 10.6 Å². The number of nitriles is 1. The molecule has 6 nitrogen and oxygen atoms in total. The fraction of sp³-hybridized carbons (Fsp3) is 0.250. The van der Waals surface area contributed by atoms with E-state index in [4.69, 9.17) is 5.26 Å². The molecule has 2 amide bonds. The molecule has 1 saturated heterocycles. The van der Waals surface area contributed by atoms with Gasteiger partial charge in [0.1, 0.15) is 5.92 Å². The highest BCUT2D eigenvalue weighted by molar-refractivity contribution is 6.01. The van der Waals surface area contributed by atoms with Crippen molar-refractivity contribution in [3.63, 3.8) is 0 Å². The molecule has 2 atom stereocenters. The van der Waals surface area contributed by atoms with Crippen molar-refractivity contribution < 1.29 is 27.2 Å². The van der Waals surface area contributed by atoms with Crippen LogP contribution in [0.4, 0.5) is 13.2 Å². The van der Waals surface area contributed by atoms with Crippen LogP contribution in [0, 0.1) is 17.2 Å². The largest absolute Gasteiger partial charge is 0.459 e. The highest BCUT2D eigenvalue weighted by Gasteiger charge is 2.70. The number of halogens is 3. The van der Waals surface area contributed by atoms with E-state index in [2.05, 4.69) is 11.0 Å². The van der Waals surface area contributed by atoms with E-state index in [1.165, 1.54) is 12.1 Å². The van der Waals surface area contributed by atoms with Crippen molar-refractivity contribution in [1.82, 2.24) is 10.6 Å². The van der Waals surface area contributed by atoms with Gasteiger partial charge in [0.25, 0.3) is 11.8 Å². The molecule has 1 fully saturated rings. The van der Waals surface area contributed by atoms with E-state index in [9.17, 15) is 22.8 Å². The van der Waals surface area contributed by atoms with Crippen molar-refractivity contribution in [1.29, 1.82) is 5.26 Å². The molecule has 2 rings (SSSR count). The molecule has 0 radical (unpaired) electrons. The molecule has 2 N–H and O–H groups in total. The number of rotatable bonds is 2. The van der Waals surface area contributed by atoms with Gasteiger partial charge < -0.3 is 15.1 Å². The van der Waals surface area contributed by atoms with Gasteiger partial charge in [0.05, 0.1) is 12.3 Å². The molecule has 9 heteroatoms. The zero-order valence-electron chi connectivity index (χ0n) is 10.3. The van der Waals surface area contributed by atoms with E-state index in [1.54, 1.807) is 5.32 Å². The molecule has 0 aromatic carbocycles. The number of nitrogens with zero attached hydrogens (tertiary/aromatic N) is 1. The molecule has 2 heterocycles. The maximum atomic E-state index is 13.4. The van der Waals surface area contributed by atoms with E-state index in [1.807, 2.05) is 5.32 Å². The molecule has 0 unspecified atom stereocenters. The lowest BCUT2D eigenvalue weighted by Gasteiger charge is -2.31. The number of furan rings is 1. The normalized spacial score (nSPS) is 25.3. The summed E-state index contributed by atoms with van der Waals surface area (Å²) < 4.78 is 44.8. The Balaban J connectivity index is 2.49. The second-order valence-electron chi connectivity index (χ2n) is 4.28. The number of hydrogen-bond acceptors (Lipinski definition) is 4. The minimum atomic E-state index is -5.20. The van der Waals surface area contributed by atoms with Crippen LogP contribution in [0.25, 0.3) is 0 Å². The maximum Gasteiger partial charge on any atom is 0.422 e. The topological polar surface area (TPSA) is 95.1 Å². The van der Waals surface area contributed by atoms with Crippen LogP contribution in [-0.2, 0) is 4.79 Å². The second kappa shape index (κ2) is 4.66. The van der Waals surface area contributed by atoms with Crippen molar-refractivity contribution in [2.75, 3.05) is 0 Å². The van der Waals surface area contributed by atoms with Crippen molar-refractivity contribution in [3.05, 3.63) is 36.4 Å². The van der Waals surface area contributed by atoms with Crippen molar-refractivity contribution in [2.24, 2.45) is 5.92 Å². The molecule has 0 aliphatic carbocycles. The Morgan fingerprint density at radius 2 is 2.24 bits per heavy atom. The summed E-state index contributed by atoms with van der Waals surface area (Å²) in [7, 11) is 0. The Kier molecular flexibility index (Phi) is 3.25. The van der Waals surface area contributed by atoms with E-state index in [-0.39, 0.29) is 0 Å². The van der Waals surface area contributed by atoms with Gasteiger partial charge >= 0.3 is 6.18 Å². The van der Waals surface area contributed by atoms with Crippen LogP contribution in [0.1, 0.15) is 10.6 Å². The number of carbonyl (C=O) groups excluding carboxylic acids is 2. The quantitative estimate of drug-likeness (QED) is 0.854. The lowest BCUT2D eigenvalue weighted by molar-refractivity contribution is -0.198. The number of amides is 2. The molecule has 0 bridgehead atoms. The standard InChI is InChI=1S/C12H8F3N3O3/c1-6-7(5-16)11(10(20)17-6,12(13,14)15)18-9(19)8-3-2-4-21-8/h2-4,7H,1H2,(H,17,20)(H,18,19)/t7-,11+/m1/s1. The van der Waals surface area contributed by atoms with Crippen LogP contribution >= 0.6 is 0 Å². The summed E-state index contributed by atoms with van der Waals surface area (Å²) >= 11 is 0. The predicted molar refractivity (Wildman–Crippen MR) is 61.3 cm³/mol. The molecule has 1 aromatic heterocycles. The Bertz CT molecular complexity index is 645. The summed E-state index contributed by atoms with van der Waals surface area (Å²) in [6.07, 6.45) is -4.11. The Labute approximate surface area is 116 Å².